The normalized spacial score (nSPS) is 10.4. The third kappa shape index (κ3) is 2.97. The van der Waals surface area contributed by atoms with Crippen molar-refractivity contribution in [1.82, 2.24) is 9.97 Å². The summed E-state index contributed by atoms with van der Waals surface area (Å²) < 4.78 is 0. The monoisotopic (exact) mass is 263 g/mol. The van der Waals surface area contributed by atoms with Gasteiger partial charge in [-0.15, -0.1) is 0 Å². The summed E-state index contributed by atoms with van der Waals surface area (Å²) in [5.74, 6) is 0.743. The molecule has 0 saturated heterocycles. The largest absolute Gasteiger partial charge is 0.390 e. The fourth-order valence-electron chi connectivity index (χ4n) is 1.59. The summed E-state index contributed by atoms with van der Waals surface area (Å²) in [6.07, 6.45) is 3.21. The Hall–Kier alpha value is -1.65. The van der Waals surface area contributed by atoms with Crippen molar-refractivity contribution >= 4 is 17.4 Å². The van der Waals surface area contributed by atoms with Gasteiger partial charge in [-0.1, -0.05) is 29.8 Å². The van der Waals surface area contributed by atoms with E-state index in [1.807, 2.05) is 36.2 Å². The predicted octanol–water partition coefficient (Wildman–Crippen LogP) is 2.26. The second-order valence-electron chi connectivity index (χ2n) is 3.97. The van der Waals surface area contributed by atoms with Crippen LogP contribution in [0.15, 0.2) is 36.7 Å². The van der Waals surface area contributed by atoms with Crippen molar-refractivity contribution in [3.8, 4) is 0 Å². The van der Waals surface area contributed by atoms with Crippen LogP contribution in [-0.4, -0.2) is 22.1 Å². The van der Waals surface area contributed by atoms with Crippen LogP contribution in [0.2, 0.25) is 5.02 Å². The molecule has 94 valence electrons. The van der Waals surface area contributed by atoms with Crippen LogP contribution in [0.25, 0.3) is 0 Å². The van der Waals surface area contributed by atoms with E-state index in [4.69, 9.17) is 16.7 Å². The highest BCUT2D eigenvalue weighted by Gasteiger charge is 2.06. The van der Waals surface area contributed by atoms with E-state index in [2.05, 4.69) is 9.97 Å². The fraction of sp³-hybridized carbons (Fsp3) is 0.231. The number of halogens is 1. The molecule has 4 nitrogen and oxygen atoms in total. The average molecular weight is 264 g/mol. The van der Waals surface area contributed by atoms with Gasteiger partial charge >= 0.3 is 0 Å². The molecule has 0 aliphatic rings. The maximum atomic E-state index is 8.91. The van der Waals surface area contributed by atoms with Gasteiger partial charge in [-0.2, -0.15) is 0 Å². The molecular formula is C13H14ClN3O. The lowest BCUT2D eigenvalue weighted by molar-refractivity contribution is 0.276. The molecule has 1 aromatic heterocycles. The van der Waals surface area contributed by atoms with Gasteiger partial charge in [0.05, 0.1) is 24.7 Å². The smallest absolute Gasteiger partial charge is 0.147 e. The molecule has 5 heteroatoms. The summed E-state index contributed by atoms with van der Waals surface area (Å²) in [4.78, 5) is 10.3. The fourth-order valence-corrected chi connectivity index (χ4v) is 1.79. The molecule has 0 unspecified atom stereocenters. The first-order chi connectivity index (χ1) is 8.70. The zero-order chi connectivity index (χ0) is 13.0. The van der Waals surface area contributed by atoms with E-state index >= 15 is 0 Å². The number of benzene rings is 1. The summed E-state index contributed by atoms with van der Waals surface area (Å²) in [5.41, 5.74) is 1.60. The standard InChI is InChI=1S/C13H14ClN3O/c1-17(8-10-4-2-3-5-12(10)14)13-7-15-11(9-18)6-16-13/h2-7,18H,8-9H2,1H3. The topological polar surface area (TPSA) is 49.2 Å². The Balaban J connectivity index is 2.11. The maximum Gasteiger partial charge on any atom is 0.147 e. The zero-order valence-corrected chi connectivity index (χ0v) is 10.8. The summed E-state index contributed by atoms with van der Waals surface area (Å²) in [6, 6.07) is 7.71. The summed E-state index contributed by atoms with van der Waals surface area (Å²) in [7, 11) is 1.92. The first-order valence-electron chi connectivity index (χ1n) is 5.57. The predicted molar refractivity (Wildman–Crippen MR) is 71.5 cm³/mol. The van der Waals surface area contributed by atoms with E-state index in [9.17, 15) is 0 Å². The number of hydrogen-bond donors (Lipinski definition) is 1. The van der Waals surface area contributed by atoms with Crippen LogP contribution in [0.5, 0.6) is 0 Å². The molecule has 1 N–H and O–H groups in total. The Labute approximate surface area is 111 Å². The van der Waals surface area contributed by atoms with Crippen molar-refractivity contribution in [2.75, 3.05) is 11.9 Å². The highest BCUT2D eigenvalue weighted by atomic mass is 35.5. The average Bonchev–Trinajstić information content (AvgIpc) is 2.41. The Morgan fingerprint density at radius 1 is 1.22 bits per heavy atom. The number of aromatic nitrogens is 2. The van der Waals surface area contributed by atoms with E-state index in [-0.39, 0.29) is 6.61 Å². The number of rotatable bonds is 4. The van der Waals surface area contributed by atoms with Gasteiger partial charge in [0.25, 0.3) is 0 Å². The molecule has 0 atom stereocenters. The number of aliphatic hydroxyl groups excluding tert-OH is 1. The first-order valence-corrected chi connectivity index (χ1v) is 5.95. The Kier molecular flexibility index (Phi) is 4.12. The molecule has 0 bridgehead atoms. The molecule has 0 aliphatic carbocycles. The van der Waals surface area contributed by atoms with Crippen molar-refractivity contribution < 1.29 is 5.11 Å². The van der Waals surface area contributed by atoms with Gasteiger partial charge in [-0.25, -0.2) is 4.98 Å². The van der Waals surface area contributed by atoms with Crippen LogP contribution in [0.1, 0.15) is 11.3 Å². The Morgan fingerprint density at radius 3 is 2.61 bits per heavy atom. The quantitative estimate of drug-likeness (QED) is 0.919. The highest BCUT2D eigenvalue weighted by Crippen LogP contribution is 2.18. The molecule has 1 aromatic carbocycles. The van der Waals surface area contributed by atoms with E-state index in [0.29, 0.717) is 12.2 Å². The van der Waals surface area contributed by atoms with Crippen LogP contribution in [0.4, 0.5) is 5.82 Å². The molecule has 0 aliphatic heterocycles. The third-order valence-corrected chi connectivity index (χ3v) is 2.98. The van der Waals surface area contributed by atoms with E-state index in [1.165, 1.54) is 0 Å². The van der Waals surface area contributed by atoms with E-state index < -0.39 is 0 Å². The molecule has 0 spiro atoms. The van der Waals surface area contributed by atoms with Crippen molar-refractivity contribution in [3.63, 3.8) is 0 Å². The minimum Gasteiger partial charge on any atom is -0.390 e. The molecule has 0 amide bonds. The zero-order valence-electron chi connectivity index (χ0n) is 10.0. The number of anilines is 1. The molecule has 18 heavy (non-hydrogen) atoms. The van der Waals surface area contributed by atoms with Crippen LogP contribution in [0.3, 0.4) is 0 Å². The number of aliphatic hydroxyl groups is 1. The van der Waals surface area contributed by atoms with Gasteiger partial charge in [0.1, 0.15) is 5.82 Å². The molecular weight excluding hydrogens is 250 g/mol. The second kappa shape index (κ2) is 5.80. The van der Waals surface area contributed by atoms with Gasteiger partial charge in [-0.3, -0.25) is 4.98 Å². The highest BCUT2D eigenvalue weighted by molar-refractivity contribution is 6.31. The van der Waals surface area contributed by atoms with Gasteiger partial charge in [0.2, 0.25) is 0 Å². The molecule has 2 rings (SSSR count). The van der Waals surface area contributed by atoms with E-state index in [0.717, 1.165) is 16.4 Å². The lowest BCUT2D eigenvalue weighted by atomic mass is 10.2. The number of hydrogen-bond acceptors (Lipinski definition) is 4. The van der Waals surface area contributed by atoms with Crippen LogP contribution in [0, 0.1) is 0 Å². The first kappa shape index (κ1) is 12.8. The molecule has 1 heterocycles. The summed E-state index contributed by atoms with van der Waals surface area (Å²) in [5, 5.41) is 9.65. The third-order valence-electron chi connectivity index (χ3n) is 2.61. The number of nitrogens with zero attached hydrogens (tertiary/aromatic N) is 3. The lowest BCUT2D eigenvalue weighted by Gasteiger charge is -2.18. The Morgan fingerprint density at radius 2 is 2.00 bits per heavy atom. The van der Waals surface area contributed by atoms with Crippen molar-refractivity contribution in [1.29, 1.82) is 0 Å². The molecule has 0 radical (unpaired) electrons. The molecule has 0 saturated carbocycles. The van der Waals surface area contributed by atoms with Crippen molar-refractivity contribution in [2.24, 2.45) is 0 Å². The summed E-state index contributed by atoms with van der Waals surface area (Å²) >= 11 is 6.11. The van der Waals surface area contributed by atoms with Gasteiger partial charge < -0.3 is 10.0 Å². The van der Waals surface area contributed by atoms with Gasteiger partial charge in [0, 0.05) is 18.6 Å². The second-order valence-corrected chi connectivity index (χ2v) is 4.38. The van der Waals surface area contributed by atoms with Crippen LogP contribution < -0.4 is 4.90 Å². The van der Waals surface area contributed by atoms with Gasteiger partial charge in [-0.05, 0) is 11.6 Å². The minimum absolute atomic E-state index is 0.0957. The van der Waals surface area contributed by atoms with Crippen molar-refractivity contribution in [2.45, 2.75) is 13.2 Å². The lowest BCUT2D eigenvalue weighted by Crippen LogP contribution is -2.18. The summed E-state index contributed by atoms with van der Waals surface area (Å²) in [6.45, 7) is 0.564. The van der Waals surface area contributed by atoms with Crippen molar-refractivity contribution in [3.05, 3.63) is 52.9 Å². The Bertz CT molecular complexity index is 516. The van der Waals surface area contributed by atoms with E-state index in [1.54, 1.807) is 12.4 Å². The van der Waals surface area contributed by atoms with Crippen LogP contribution in [-0.2, 0) is 13.2 Å². The minimum atomic E-state index is -0.0957. The van der Waals surface area contributed by atoms with Crippen LogP contribution >= 0.6 is 11.6 Å². The molecule has 0 fully saturated rings. The molecule has 2 aromatic rings. The van der Waals surface area contributed by atoms with Gasteiger partial charge in [0.15, 0.2) is 0 Å². The maximum absolute atomic E-state index is 8.91. The SMILES string of the molecule is CN(Cc1ccccc1Cl)c1cnc(CO)cn1.